The molecule has 0 aliphatic carbocycles. The van der Waals surface area contributed by atoms with Crippen molar-refractivity contribution in [3.05, 3.63) is 110 Å². The Bertz CT molecular complexity index is 1530. The van der Waals surface area contributed by atoms with Crippen molar-refractivity contribution < 1.29 is 4.79 Å². The van der Waals surface area contributed by atoms with Gasteiger partial charge in [-0.2, -0.15) is 4.98 Å². The average molecular weight is 571 g/mol. The van der Waals surface area contributed by atoms with Gasteiger partial charge < -0.3 is 10.6 Å². The summed E-state index contributed by atoms with van der Waals surface area (Å²) in [7, 11) is 0. The molecule has 3 aromatic carbocycles. The van der Waals surface area contributed by atoms with Gasteiger partial charge in [0.25, 0.3) is 5.91 Å². The number of rotatable bonds is 6. The van der Waals surface area contributed by atoms with Crippen molar-refractivity contribution in [1.29, 1.82) is 0 Å². The molecule has 1 amide bonds. The maximum atomic E-state index is 13.7. The minimum absolute atomic E-state index is 0.262. The summed E-state index contributed by atoms with van der Waals surface area (Å²) >= 11 is 20.6. The average Bonchev–Trinajstić information content (AvgIpc) is 3.27. The van der Waals surface area contributed by atoms with Crippen molar-refractivity contribution in [2.24, 2.45) is 0 Å². The van der Waals surface area contributed by atoms with Crippen LogP contribution in [-0.2, 0) is 10.5 Å². The van der Waals surface area contributed by atoms with Crippen molar-refractivity contribution in [3.8, 4) is 0 Å². The highest BCUT2D eigenvalue weighted by molar-refractivity contribution is 7.98. The van der Waals surface area contributed by atoms with E-state index < -0.39 is 6.04 Å². The van der Waals surface area contributed by atoms with E-state index in [9.17, 15) is 4.79 Å². The molecule has 0 saturated carbocycles. The second-order valence-corrected chi connectivity index (χ2v) is 10.7. The standard InChI is InChI=1S/C27H22Cl3N5OS/c1-15-7-3-6-10-22(15)32-25(36)23-16(2)31-26-33-27(37-14-17-8-4-5-9-20(17)29)34-35(26)24(23)19-12-11-18(28)13-21(19)30/h3-13,24H,14H2,1-2H3,(H,32,36)(H,31,33,34). The molecule has 0 spiro atoms. The van der Waals surface area contributed by atoms with Crippen LogP contribution in [0.1, 0.15) is 29.7 Å². The third-order valence-corrected chi connectivity index (χ3v) is 7.86. The van der Waals surface area contributed by atoms with Crippen molar-refractivity contribution in [2.45, 2.75) is 30.8 Å². The van der Waals surface area contributed by atoms with Crippen LogP contribution in [0.5, 0.6) is 0 Å². The van der Waals surface area contributed by atoms with Crippen LogP contribution in [0.15, 0.2) is 83.2 Å². The van der Waals surface area contributed by atoms with Gasteiger partial charge in [0.15, 0.2) is 0 Å². The molecule has 2 heterocycles. The number of aromatic nitrogens is 3. The fraction of sp³-hybridized carbons (Fsp3) is 0.148. The molecular formula is C27H22Cl3N5OS. The molecule has 2 N–H and O–H groups in total. The van der Waals surface area contributed by atoms with Gasteiger partial charge in [-0.05, 0) is 49.2 Å². The molecule has 0 fully saturated rings. The Morgan fingerprint density at radius 2 is 1.78 bits per heavy atom. The number of hydrogen-bond acceptors (Lipinski definition) is 5. The number of para-hydroxylation sites is 1. The van der Waals surface area contributed by atoms with Gasteiger partial charge in [-0.25, -0.2) is 4.68 Å². The van der Waals surface area contributed by atoms with Crippen molar-refractivity contribution in [2.75, 3.05) is 10.6 Å². The summed E-state index contributed by atoms with van der Waals surface area (Å²) in [6.45, 7) is 3.79. The van der Waals surface area contributed by atoms with Gasteiger partial charge in [0, 0.05) is 37.8 Å². The number of anilines is 2. The zero-order valence-corrected chi connectivity index (χ0v) is 23.0. The fourth-order valence-corrected chi connectivity index (χ4v) is 5.78. The number of halogens is 3. The van der Waals surface area contributed by atoms with Crippen LogP contribution in [0.4, 0.5) is 11.6 Å². The summed E-state index contributed by atoms with van der Waals surface area (Å²) in [6, 6.07) is 19.9. The maximum Gasteiger partial charge on any atom is 0.255 e. The van der Waals surface area contributed by atoms with Gasteiger partial charge >= 0.3 is 0 Å². The highest BCUT2D eigenvalue weighted by Gasteiger charge is 2.35. The Labute approximate surface area is 234 Å². The second kappa shape index (κ2) is 10.8. The molecule has 0 saturated heterocycles. The molecule has 1 aromatic heterocycles. The van der Waals surface area contributed by atoms with Crippen LogP contribution in [0, 0.1) is 6.92 Å². The quantitative estimate of drug-likeness (QED) is 0.232. The molecule has 1 aliphatic heterocycles. The summed E-state index contributed by atoms with van der Waals surface area (Å²) in [5.41, 5.74) is 4.50. The molecule has 4 aromatic rings. The first-order valence-corrected chi connectivity index (χ1v) is 13.6. The molecule has 37 heavy (non-hydrogen) atoms. The van der Waals surface area contributed by atoms with Crippen LogP contribution in [0.3, 0.4) is 0 Å². The third-order valence-electron chi connectivity index (χ3n) is 6.04. The van der Waals surface area contributed by atoms with Crippen LogP contribution < -0.4 is 10.6 Å². The van der Waals surface area contributed by atoms with Crippen molar-refractivity contribution in [1.82, 2.24) is 14.8 Å². The minimum Gasteiger partial charge on any atom is -0.328 e. The number of nitrogens with zero attached hydrogens (tertiary/aromatic N) is 3. The van der Waals surface area contributed by atoms with Crippen molar-refractivity contribution >= 4 is 64.1 Å². The third kappa shape index (κ3) is 5.36. The number of amides is 1. The monoisotopic (exact) mass is 569 g/mol. The van der Waals surface area contributed by atoms with Gasteiger partial charge in [0.05, 0.1) is 5.57 Å². The molecular weight excluding hydrogens is 549 g/mol. The number of hydrogen-bond donors (Lipinski definition) is 2. The van der Waals surface area contributed by atoms with E-state index in [2.05, 4.69) is 15.6 Å². The summed E-state index contributed by atoms with van der Waals surface area (Å²) in [5, 5.41) is 13.2. The Kier molecular flexibility index (Phi) is 7.49. The number of thioether (sulfide) groups is 1. The zero-order chi connectivity index (χ0) is 26.1. The van der Waals surface area contributed by atoms with Gasteiger partial charge in [-0.1, -0.05) is 89.0 Å². The van der Waals surface area contributed by atoms with Crippen molar-refractivity contribution in [3.63, 3.8) is 0 Å². The zero-order valence-electron chi connectivity index (χ0n) is 19.9. The summed E-state index contributed by atoms with van der Waals surface area (Å²) in [5.74, 6) is 0.854. The van der Waals surface area contributed by atoms with E-state index in [0.717, 1.165) is 16.8 Å². The summed E-state index contributed by atoms with van der Waals surface area (Å²) in [6.07, 6.45) is 0. The minimum atomic E-state index is -0.618. The molecule has 1 aliphatic rings. The first kappa shape index (κ1) is 25.7. The highest BCUT2D eigenvalue weighted by Crippen LogP contribution is 2.40. The smallest absolute Gasteiger partial charge is 0.255 e. The molecule has 188 valence electrons. The summed E-state index contributed by atoms with van der Waals surface area (Å²) < 4.78 is 1.70. The lowest BCUT2D eigenvalue weighted by atomic mass is 9.95. The second-order valence-electron chi connectivity index (χ2n) is 8.54. The Morgan fingerprint density at radius 3 is 2.54 bits per heavy atom. The Morgan fingerprint density at radius 1 is 1.03 bits per heavy atom. The molecule has 0 radical (unpaired) electrons. The Balaban J connectivity index is 1.53. The molecule has 1 atom stereocenters. The van der Waals surface area contributed by atoms with Crippen LogP contribution in [-0.4, -0.2) is 20.7 Å². The van der Waals surface area contributed by atoms with E-state index in [1.165, 1.54) is 11.8 Å². The van der Waals surface area contributed by atoms with Crippen LogP contribution >= 0.6 is 46.6 Å². The highest BCUT2D eigenvalue weighted by atomic mass is 35.5. The fourth-order valence-electron chi connectivity index (χ4n) is 4.16. The van der Waals surface area contributed by atoms with E-state index in [1.54, 1.807) is 16.8 Å². The number of benzene rings is 3. The first-order valence-electron chi connectivity index (χ1n) is 11.4. The van der Waals surface area contributed by atoms with E-state index in [4.69, 9.17) is 39.9 Å². The normalized spacial score (nSPS) is 14.8. The number of carbonyl (C=O) groups excluding carboxylic acids is 1. The van der Waals surface area contributed by atoms with Crippen LogP contribution in [0.2, 0.25) is 15.1 Å². The molecule has 5 rings (SSSR count). The number of fused-ring (bicyclic) bond motifs is 1. The molecule has 6 nitrogen and oxygen atoms in total. The number of nitrogens with one attached hydrogen (secondary N) is 2. The van der Waals surface area contributed by atoms with Gasteiger partial charge in [0.2, 0.25) is 11.1 Å². The lowest BCUT2D eigenvalue weighted by Gasteiger charge is -2.29. The number of aryl methyl sites for hydroxylation is 1. The first-order chi connectivity index (χ1) is 17.8. The van der Waals surface area contributed by atoms with Gasteiger partial charge in [-0.3, -0.25) is 4.79 Å². The largest absolute Gasteiger partial charge is 0.328 e. The lowest BCUT2D eigenvalue weighted by molar-refractivity contribution is -0.113. The maximum absolute atomic E-state index is 13.7. The van der Waals surface area contributed by atoms with E-state index in [1.807, 2.05) is 68.4 Å². The van der Waals surface area contributed by atoms with Crippen LogP contribution in [0.25, 0.3) is 0 Å². The summed E-state index contributed by atoms with van der Waals surface area (Å²) in [4.78, 5) is 18.4. The van der Waals surface area contributed by atoms with E-state index >= 15 is 0 Å². The number of allylic oxidation sites excluding steroid dienone is 1. The molecule has 1 unspecified atom stereocenters. The Hall–Kier alpha value is -2.97. The van der Waals surface area contributed by atoms with Gasteiger partial charge in [0.1, 0.15) is 6.04 Å². The van der Waals surface area contributed by atoms with E-state index in [-0.39, 0.29) is 5.91 Å². The lowest BCUT2D eigenvalue weighted by Crippen LogP contribution is -2.31. The van der Waals surface area contributed by atoms with Gasteiger partial charge in [-0.15, -0.1) is 5.10 Å². The molecule has 0 bridgehead atoms. The topological polar surface area (TPSA) is 71.8 Å². The molecule has 10 heteroatoms. The number of carbonyl (C=O) groups is 1. The van der Waals surface area contributed by atoms with E-state index in [0.29, 0.717) is 48.8 Å². The predicted molar refractivity (Wildman–Crippen MR) is 152 cm³/mol. The predicted octanol–water partition coefficient (Wildman–Crippen LogP) is 7.77. The SMILES string of the molecule is CC1=C(C(=O)Nc2ccccc2C)C(c2ccc(Cl)cc2Cl)n2nc(SCc3ccccc3Cl)nc2N1.